The van der Waals surface area contributed by atoms with Gasteiger partial charge in [0, 0.05) is 18.6 Å². The van der Waals surface area contributed by atoms with Crippen LogP contribution >= 0.6 is 0 Å². The average Bonchev–Trinajstić information content (AvgIpc) is 3.53. The van der Waals surface area contributed by atoms with Crippen LogP contribution < -0.4 is 5.32 Å². The third-order valence-electron chi connectivity index (χ3n) is 6.66. The number of nitrogens with one attached hydrogen (secondary N) is 1. The number of carbonyl (C=O) groups is 1. The van der Waals surface area contributed by atoms with Crippen molar-refractivity contribution in [3.05, 3.63) is 76.9 Å². The molecule has 1 saturated heterocycles. The minimum atomic E-state index is -0.865. The van der Waals surface area contributed by atoms with Crippen LogP contribution in [0.2, 0.25) is 0 Å². The number of hydrogen-bond donors (Lipinski definition) is 2. The molecule has 0 amide bonds. The summed E-state index contributed by atoms with van der Waals surface area (Å²) in [6, 6.07) is 19.2. The van der Waals surface area contributed by atoms with E-state index in [4.69, 9.17) is 5.11 Å². The van der Waals surface area contributed by atoms with Crippen LogP contribution in [0.4, 0.5) is 0 Å². The predicted molar refractivity (Wildman–Crippen MR) is 126 cm³/mol. The van der Waals surface area contributed by atoms with E-state index in [1.165, 1.54) is 30.4 Å². The molecule has 2 aromatic carbocycles. The van der Waals surface area contributed by atoms with E-state index < -0.39 is 5.97 Å². The Morgan fingerprint density at radius 3 is 2.39 bits per heavy atom. The highest BCUT2D eigenvalue weighted by Crippen LogP contribution is 2.42. The molecule has 4 rings (SSSR count). The summed E-state index contributed by atoms with van der Waals surface area (Å²) in [6.45, 7) is 7.70. The van der Waals surface area contributed by atoms with Crippen LogP contribution in [0, 0.1) is 11.8 Å². The molecule has 1 unspecified atom stereocenters. The molecule has 1 aliphatic carbocycles. The van der Waals surface area contributed by atoms with Crippen LogP contribution in [0.15, 0.2) is 60.2 Å². The normalized spacial score (nSPS) is 22.6. The highest BCUT2D eigenvalue weighted by Gasteiger charge is 2.41. The van der Waals surface area contributed by atoms with Crippen molar-refractivity contribution in [2.45, 2.75) is 51.7 Å². The van der Waals surface area contributed by atoms with Gasteiger partial charge in [-0.25, -0.2) is 4.79 Å². The number of benzene rings is 2. The fourth-order valence-corrected chi connectivity index (χ4v) is 4.76. The average molecular weight is 419 g/mol. The summed E-state index contributed by atoms with van der Waals surface area (Å²) < 4.78 is 0. The van der Waals surface area contributed by atoms with Gasteiger partial charge in [0.1, 0.15) is 0 Å². The van der Waals surface area contributed by atoms with Gasteiger partial charge in [0.05, 0.1) is 5.56 Å². The second-order valence-corrected chi connectivity index (χ2v) is 9.38. The van der Waals surface area contributed by atoms with Gasteiger partial charge >= 0.3 is 5.97 Å². The Labute approximate surface area is 186 Å². The van der Waals surface area contributed by atoms with Crippen LogP contribution in [0.1, 0.15) is 54.6 Å². The van der Waals surface area contributed by atoms with Gasteiger partial charge in [0.25, 0.3) is 0 Å². The van der Waals surface area contributed by atoms with E-state index in [-0.39, 0.29) is 0 Å². The Balaban J connectivity index is 1.25. The van der Waals surface area contributed by atoms with Gasteiger partial charge < -0.3 is 10.4 Å². The zero-order chi connectivity index (χ0) is 21.8. The minimum Gasteiger partial charge on any atom is -0.478 e. The Morgan fingerprint density at radius 2 is 1.77 bits per heavy atom. The van der Waals surface area contributed by atoms with E-state index in [0.29, 0.717) is 29.5 Å². The summed E-state index contributed by atoms with van der Waals surface area (Å²) >= 11 is 0. The van der Waals surface area contributed by atoms with Crippen molar-refractivity contribution in [1.82, 2.24) is 10.2 Å². The first-order valence-corrected chi connectivity index (χ1v) is 11.6. The number of hydrogen-bond acceptors (Lipinski definition) is 3. The topological polar surface area (TPSA) is 52.6 Å². The number of carboxylic acid groups (broad SMARTS) is 1. The van der Waals surface area contributed by atoms with Gasteiger partial charge in [0.2, 0.25) is 0 Å². The smallest absolute Gasteiger partial charge is 0.335 e. The molecule has 31 heavy (non-hydrogen) atoms. The highest BCUT2D eigenvalue weighted by atomic mass is 16.4. The third-order valence-corrected chi connectivity index (χ3v) is 6.66. The summed E-state index contributed by atoms with van der Waals surface area (Å²) in [7, 11) is 0. The van der Waals surface area contributed by atoms with Crippen LogP contribution in [0.25, 0.3) is 6.08 Å². The maximum Gasteiger partial charge on any atom is 0.335 e. The van der Waals surface area contributed by atoms with E-state index in [1.807, 2.05) is 12.1 Å². The van der Waals surface area contributed by atoms with Gasteiger partial charge in [-0.1, -0.05) is 68.0 Å². The molecule has 2 N–H and O–H groups in total. The molecule has 1 heterocycles. The maximum atomic E-state index is 11.0. The van der Waals surface area contributed by atoms with E-state index in [1.54, 1.807) is 17.7 Å². The van der Waals surface area contributed by atoms with E-state index >= 15 is 0 Å². The molecule has 2 aromatic rings. The zero-order valence-corrected chi connectivity index (χ0v) is 18.6. The van der Waals surface area contributed by atoms with Crippen molar-refractivity contribution in [3.8, 4) is 0 Å². The van der Waals surface area contributed by atoms with Gasteiger partial charge in [-0.15, -0.1) is 0 Å². The van der Waals surface area contributed by atoms with E-state index in [0.717, 1.165) is 19.6 Å². The first-order valence-electron chi connectivity index (χ1n) is 11.6. The predicted octanol–water partition coefficient (Wildman–Crippen LogP) is 5.07. The number of rotatable bonds is 8. The Kier molecular flexibility index (Phi) is 6.89. The number of nitrogens with zero attached hydrogens (tertiary/aromatic N) is 1. The van der Waals surface area contributed by atoms with E-state index in [2.05, 4.69) is 60.5 Å². The fraction of sp³-hybridized carbons (Fsp3) is 0.444. The van der Waals surface area contributed by atoms with Crippen molar-refractivity contribution >= 4 is 12.0 Å². The lowest BCUT2D eigenvalue weighted by atomic mass is 9.95. The molecule has 0 bridgehead atoms. The number of piperidine rings is 1. The maximum absolute atomic E-state index is 11.0. The van der Waals surface area contributed by atoms with Crippen molar-refractivity contribution in [3.63, 3.8) is 0 Å². The molecule has 1 saturated carbocycles. The van der Waals surface area contributed by atoms with Crippen molar-refractivity contribution in [2.75, 3.05) is 13.1 Å². The Hall–Kier alpha value is -2.43. The second kappa shape index (κ2) is 9.80. The standard InChI is InChI=1S/C27H34N2O2/c1-19(2)24(16-20-6-4-3-5-7-20)25-17-26(25)28-23-12-14-29(15-13-23)18-21-8-10-22(11-9-21)27(30)31/h3-11,16,19,23,25-26,28H,12-15,17-18H2,1-2H3,(H,30,31)/b24-16+/t25-,26?/m0/s1. The Morgan fingerprint density at radius 1 is 1.10 bits per heavy atom. The lowest BCUT2D eigenvalue weighted by Crippen LogP contribution is -2.43. The van der Waals surface area contributed by atoms with Crippen LogP contribution in [-0.2, 0) is 6.54 Å². The summed E-state index contributed by atoms with van der Waals surface area (Å²) in [5.41, 5.74) is 4.42. The van der Waals surface area contributed by atoms with Crippen LogP contribution in [0.5, 0.6) is 0 Å². The lowest BCUT2D eigenvalue weighted by Gasteiger charge is -2.32. The zero-order valence-electron chi connectivity index (χ0n) is 18.6. The molecule has 164 valence electrons. The third kappa shape index (κ3) is 5.84. The largest absolute Gasteiger partial charge is 0.478 e. The second-order valence-electron chi connectivity index (χ2n) is 9.38. The van der Waals surface area contributed by atoms with Gasteiger partial charge in [0.15, 0.2) is 0 Å². The minimum absolute atomic E-state index is 0.354. The van der Waals surface area contributed by atoms with Crippen LogP contribution in [-0.4, -0.2) is 41.1 Å². The molecule has 0 radical (unpaired) electrons. The van der Waals surface area contributed by atoms with Gasteiger partial charge in [-0.2, -0.15) is 0 Å². The van der Waals surface area contributed by atoms with Crippen molar-refractivity contribution in [1.29, 1.82) is 0 Å². The summed E-state index contributed by atoms with van der Waals surface area (Å²) in [6.07, 6.45) is 6.01. The van der Waals surface area contributed by atoms with Crippen molar-refractivity contribution in [2.24, 2.45) is 11.8 Å². The molecule has 2 atom stereocenters. The van der Waals surface area contributed by atoms with E-state index in [9.17, 15) is 4.79 Å². The molecule has 4 heteroatoms. The molecular formula is C27H34N2O2. The molecule has 1 aliphatic heterocycles. The number of likely N-dealkylation sites (tertiary alicyclic amines) is 1. The highest BCUT2D eigenvalue weighted by molar-refractivity contribution is 5.87. The molecule has 2 fully saturated rings. The summed E-state index contributed by atoms with van der Waals surface area (Å²) in [5, 5.41) is 13.0. The molecule has 0 spiro atoms. The summed E-state index contributed by atoms with van der Waals surface area (Å²) in [5.74, 6) is 0.383. The first kappa shape index (κ1) is 21.8. The summed E-state index contributed by atoms with van der Waals surface area (Å²) in [4.78, 5) is 13.5. The molecule has 0 aromatic heterocycles. The SMILES string of the molecule is CC(C)/C(=C\c1ccccc1)[C@@H]1CC1NC1CCN(Cc2ccc(C(=O)O)cc2)CC1. The van der Waals surface area contributed by atoms with Crippen molar-refractivity contribution < 1.29 is 9.90 Å². The molecule has 4 nitrogen and oxygen atoms in total. The van der Waals surface area contributed by atoms with Gasteiger partial charge in [-0.3, -0.25) is 4.90 Å². The van der Waals surface area contributed by atoms with Gasteiger partial charge in [-0.05, 0) is 67.4 Å². The molecular weight excluding hydrogens is 384 g/mol. The fourth-order valence-electron chi connectivity index (χ4n) is 4.76. The van der Waals surface area contributed by atoms with Crippen LogP contribution in [0.3, 0.4) is 0 Å². The number of aromatic carboxylic acids is 1. The number of carboxylic acids is 1. The Bertz CT molecular complexity index is 897. The monoisotopic (exact) mass is 418 g/mol. The lowest BCUT2D eigenvalue weighted by molar-refractivity contribution is 0.0697. The quantitative estimate of drug-likeness (QED) is 0.629. The first-order chi connectivity index (χ1) is 15.0. The molecule has 2 aliphatic rings.